The molecule has 1 unspecified atom stereocenters. The summed E-state index contributed by atoms with van der Waals surface area (Å²) in [6.45, 7) is 4.01. The van der Waals surface area contributed by atoms with Crippen molar-refractivity contribution >= 4 is 21.2 Å². The number of aromatic nitrogens is 1. The van der Waals surface area contributed by atoms with Gasteiger partial charge in [0, 0.05) is 18.0 Å². The third-order valence-corrected chi connectivity index (χ3v) is 7.51. The van der Waals surface area contributed by atoms with E-state index >= 15 is 0 Å². The third-order valence-electron chi connectivity index (χ3n) is 4.75. The normalized spacial score (nSPS) is 28.2. The summed E-state index contributed by atoms with van der Waals surface area (Å²) in [4.78, 5) is 5.64. The molecule has 3 heterocycles. The fourth-order valence-electron chi connectivity index (χ4n) is 3.32. The number of nitrogens with one attached hydrogen (secondary N) is 1. The monoisotopic (exact) mass is 300 g/mol. The maximum absolute atomic E-state index is 11.7. The average molecular weight is 300 g/mol. The van der Waals surface area contributed by atoms with Gasteiger partial charge in [0.1, 0.15) is 0 Å². The predicted molar refractivity (Wildman–Crippen MR) is 77.2 cm³/mol. The molecule has 2 fully saturated rings. The second kappa shape index (κ2) is 4.82. The van der Waals surface area contributed by atoms with Crippen molar-refractivity contribution in [2.45, 2.75) is 26.2 Å². The van der Waals surface area contributed by atoms with Crippen LogP contribution in [0.25, 0.3) is 0 Å². The van der Waals surface area contributed by atoms with E-state index in [9.17, 15) is 8.42 Å². The van der Waals surface area contributed by atoms with Crippen LogP contribution in [0.4, 0.5) is 0 Å². The van der Waals surface area contributed by atoms with Gasteiger partial charge in [-0.1, -0.05) is 0 Å². The summed E-state index contributed by atoms with van der Waals surface area (Å²) in [6.07, 6.45) is 2.98. The summed E-state index contributed by atoms with van der Waals surface area (Å²) < 4.78 is 23.4. The van der Waals surface area contributed by atoms with Crippen molar-refractivity contribution in [3.8, 4) is 0 Å². The molecule has 2 aliphatic heterocycles. The molecule has 2 saturated heterocycles. The van der Waals surface area contributed by atoms with Crippen LogP contribution in [-0.4, -0.2) is 38.0 Å². The van der Waals surface area contributed by atoms with E-state index in [1.165, 1.54) is 4.88 Å². The molecule has 0 aromatic carbocycles. The standard InChI is InChI=1S/C13H20N2O2S2/c1-10-12(18-9-15-10)2-4-13(7-14-8-13)11-3-5-19(16,17)6-11/h9,11,14H,2-8H2,1H3. The van der Waals surface area contributed by atoms with E-state index in [0.29, 0.717) is 17.4 Å². The Hall–Kier alpha value is -0.460. The number of thiazole rings is 1. The second-order valence-corrected chi connectivity index (χ2v) is 9.09. The smallest absolute Gasteiger partial charge is 0.150 e. The van der Waals surface area contributed by atoms with E-state index in [2.05, 4.69) is 17.2 Å². The molecular weight excluding hydrogens is 280 g/mol. The average Bonchev–Trinajstić information content (AvgIpc) is 2.84. The molecule has 3 rings (SSSR count). The van der Waals surface area contributed by atoms with Crippen molar-refractivity contribution in [1.29, 1.82) is 0 Å². The molecule has 19 heavy (non-hydrogen) atoms. The van der Waals surface area contributed by atoms with Crippen molar-refractivity contribution in [3.63, 3.8) is 0 Å². The first kappa shape index (κ1) is 13.5. The molecule has 4 nitrogen and oxygen atoms in total. The quantitative estimate of drug-likeness (QED) is 0.913. The molecule has 0 saturated carbocycles. The number of sulfone groups is 1. The summed E-state index contributed by atoms with van der Waals surface area (Å²) in [5.41, 5.74) is 3.24. The summed E-state index contributed by atoms with van der Waals surface area (Å²) in [5, 5.41) is 3.34. The zero-order valence-electron chi connectivity index (χ0n) is 11.2. The molecule has 1 aromatic heterocycles. The van der Waals surface area contributed by atoms with E-state index in [4.69, 9.17) is 0 Å². The largest absolute Gasteiger partial charge is 0.316 e. The molecule has 6 heteroatoms. The van der Waals surface area contributed by atoms with Crippen LogP contribution in [0.15, 0.2) is 5.51 Å². The van der Waals surface area contributed by atoms with Gasteiger partial charge in [-0.15, -0.1) is 11.3 Å². The Bertz CT molecular complexity index is 561. The summed E-state index contributed by atoms with van der Waals surface area (Å²) in [6, 6.07) is 0. The van der Waals surface area contributed by atoms with Crippen LogP contribution < -0.4 is 5.32 Å². The minimum atomic E-state index is -2.77. The molecule has 1 atom stereocenters. The van der Waals surface area contributed by atoms with E-state index in [-0.39, 0.29) is 5.41 Å². The van der Waals surface area contributed by atoms with Crippen LogP contribution in [0.5, 0.6) is 0 Å². The molecule has 0 spiro atoms. The van der Waals surface area contributed by atoms with Gasteiger partial charge in [-0.25, -0.2) is 13.4 Å². The van der Waals surface area contributed by atoms with E-state index in [1.54, 1.807) is 11.3 Å². The van der Waals surface area contributed by atoms with Crippen LogP contribution in [0.3, 0.4) is 0 Å². The number of aryl methyl sites for hydroxylation is 2. The van der Waals surface area contributed by atoms with Gasteiger partial charge >= 0.3 is 0 Å². The molecule has 0 aliphatic carbocycles. The van der Waals surface area contributed by atoms with Crippen LogP contribution in [0.2, 0.25) is 0 Å². The van der Waals surface area contributed by atoms with Crippen LogP contribution in [0.1, 0.15) is 23.4 Å². The van der Waals surface area contributed by atoms with Crippen molar-refractivity contribution in [2.75, 3.05) is 24.6 Å². The number of nitrogens with zero attached hydrogens (tertiary/aromatic N) is 1. The minimum Gasteiger partial charge on any atom is -0.316 e. The molecule has 2 aliphatic rings. The van der Waals surface area contributed by atoms with Gasteiger partial charge in [0.2, 0.25) is 0 Å². The molecule has 1 N–H and O–H groups in total. The molecule has 0 amide bonds. The number of hydrogen-bond acceptors (Lipinski definition) is 5. The summed E-state index contributed by atoms with van der Waals surface area (Å²) in [5.74, 6) is 1.14. The van der Waals surface area contributed by atoms with Gasteiger partial charge in [-0.3, -0.25) is 0 Å². The molecule has 1 aromatic rings. The highest BCUT2D eigenvalue weighted by molar-refractivity contribution is 7.91. The highest BCUT2D eigenvalue weighted by Gasteiger charge is 2.47. The Kier molecular flexibility index (Phi) is 3.43. The van der Waals surface area contributed by atoms with Crippen molar-refractivity contribution in [2.24, 2.45) is 11.3 Å². The maximum Gasteiger partial charge on any atom is 0.150 e. The Morgan fingerprint density at radius 3 is 2.79 bits per heavy atom. The van der Waals surface area contributed by atoms with Crippen LogP contribution >= 0.6 is 11.3 Å². The van der Waals surface area contributed by atoms with Crippen LogP contribution in [-0.2, 0) is 16.3 Å². The van der Waals surface area contributed by atoms with E-state index in [1.807, 2.05) is 5.51 Å². The minimum absolute atomic E-state index is 0.208. The summed E-state index contributed by atoms with van der Waals surface area (Å²) in [7, 11) is -2.77. The van der Waals surface area contributed by atoms with Crippen LogP contribution in [0, 0.1) is 18.3 Å². The van der Waals surface area contributed by atoms with Gasteiger partial charge in [-0.2, -0.15) is 0 Å². The lowest BCUT2D eigenvalue weighted by Crippen LogP contribution is -2.58. The predicted octanol–water partition coefficient (Wildman–Crippen LogP) is 1.41. The fraction of sp³-hybridized carbons (Fsp3) is 0.769. The second-order valence-electron chi connectivity index (χ2n) is 5.93. The molecule has 106 valence electrons. The summed E-state index contributed by atoms with van der Waals surface area (Å²) >= 11 is 1.72. The number of hydrogen-bond donors (Lipinski definition) is 1. The van der Waals surface area contributed by atoms with E-state index < -0.39 is 9.84 Å². The Morgan fingerprint density at radius 2 is 2.32 bits per heavy atom. The maximum atomic E-state index is 11.7. The van der Waals surface area contributed by atoms with E-state index in [0.717, 1.165) is 38.0 Å². The molecule has 0 radical (unpaired) electrons. The fourth-order valence-corrected chi connectivity index (χ4v) is 6.05. The first-order valence-electron chi connectivity index (χ1n) is 6.81. The van der Waals surface area contributed by atoms with Gasteiger partial charge < -0.3 is 5.32 Å². The van der Waals surface area contributed by atoms with Crippen molar-refractivity contribution in [1.82, 2.24) is 10.3 Å². The topological polar surface area (TPSA) is 59.1 Å². The number of rotatable bonds is 4. The molecule has 0 bridgehead atoms. The highest BCUT2D eigenvalue weighted by Crippen LogP contribution is 2.43. The van der Waals surface area contributed by atoms with Gasteiger partial charge in [-0.05, 0) is 37.5 Å². The highest BCUT2D eigenvalue weighted by atomic mass is 32.2. The molecular formula is C13H20N2O2S2. The first-order chi connectivity index (χ1) is 9.01. The Labute approximate surface area is 118 Å². The zero-order chi connectivity index (χ0) is 13.5. The first-order valence-corrected chi connectivity index (χ1v) is 9.51. The zero-order valence-corrected chi connectivity index (χ0v) is 12.8. The third kappa shape index (κ3) is 2.58. The lowest BCUT2D eigenvalue weighted by molar-refractivity contribution is 0.0813. The van der Waals surface area contributed by atoms with Crippen molar-refractivity contribution < 1.29 is 8.42 Å². The van der Waals surface area contributed by atoms with Crippen molar-refractivity contribution in [3.05, 3.63) is 16.1 Å². The SMILES string of the molecule is Cc1ncsc1CCC1(C2CCS(=O)(=O)C2)CNC1. The lowest BCUT2D eigenvalue weighted by atomic mass is 9.67. The Morgan fingerprint density at radius 1 is 1.53 bits per heavy atom. The van der Waals surface area contributed by atoms with Gasteiger partial charge in [0.15, 0.2) is 9.84 Å². The Balaban J connectivity index is 1.69. The van der Waals surface area contributed by atoms with Gasteiger partial charge in [0.05, 0.1) is 22.7 Å². The lowest BCUT2D eigenvalue weighted by Gasteiger charge is -2.47. The van der Waals surface area contributed by atoms with Gasteiger partial charge in [0.25, 0.3) is 0 Å².